The largest absolute Gasteiger partial charge is 0.481 e. The molecular formula is C11H20O2. The van der Waals surface area contributed by atoms with Crippen LogP contribution in [0.15, 0.2) is 0 Å². The van der Waals surface area contributed by atoms with Crippen LogP contribution < -0.4 is 0 Å². The van der Waals surface area contributed by atoms with Crippen LogP contribution >= 0.6 is 0 Å². The minimum atomic E-state index is -0.646. The van der Waals surface area contributed by atoms with E-state index < -0.39 is 11.4 Å². The number of hydrogen-bond acceptors (Lipinski definition) is 1. The molecule has 0 heterocycles. The van der Waals surface area contributed by atoms with E-state index in [0.29, 0.717) is 5.92 Å². The summed E-state index contributed by atoms with van der Waals surface area (Å²) in [5.74, 6) is 0.522. The fraction of sp³-hybridized carbons (Fsp3) is 0.909. The fourth-order valence-corrected chi connectivity index (χ4v) is 2.16. The third-order valence-electron chi connectivity index (χ3n) is 3.59. The summed E-state index contributed by atoms with van der Waals surface area (Å²) in [6.07, 6.45) is 4.56. The molecule has 0 bridgehead atoms. The molecule has 0 unspecified atom stereocenters. The van der Waals surface area contributed by atoms with Crippen molar-refractivity contribution in [1.29, 1.82) is 0 Å². The average Bonchev–Trinajstić information content (AvgIpc) is 2.04. The third-order valence-corrected chi connectivity index (χ3v) is 3.59. The monoisotopic (exact) mass is 184 g/mol. The van der Waals surface area contributed by atoms with E-state index in [4.69, 9.17) is 5.11 Å². The van der Waals surface area contributed by atoms with Crippen LogP contribution in [-0.2, 0) is 4.79 Å². The highest BCUT2D eigenvalue weighted by atomic mass is 16.4. The number of carboxylic acids is 1. The van der Waals surface area contributed by atoms with Crippen molar-refractivity contribution >= 4 is 5.97 Å². The zero-order chi connectivity index (χ0) is 10.1. The predicted molar refractivity (Wildman–Crippen MR) is 52.5 cm³/mol. The van der Waals surface area contributed by atoms with Gasteiger partial charge in [0, 0.05) is 0 Å². The van der Waals surface area contributed by atoms with Crippen LogP contribution in [0.5, 0.6) is 0 Å². The van der Waals surface area contributed by atoms with Gasteiger partial charge in [0.05, 0.1) is 5.41 Å². The first-order chi connectivity index (χ1) is 5.94. The smallest absolute Gasteiger partial charge is 0.309 e. The topological polar surface area (TPSA) is 37.3 Å². The van der Waals surface area contributed by atoms with Gasteiger partial charge in [-0.15, -0.1) is 0 Å². The highest BCUT2D eigenvalue weighted by molar-refractivity contribution is 5.74. The Hall–Kier alpha value is -0.530. The first kappa shape index (κ1) is 10.6. The van der Waals surface area contributed by atoms with E-state index in [1.54, 1.807) is 0 Å². The van der Waals surface area contributed by atoms with Crippen LogP contribution in [0.25, 0.3) is 0 Å². The molecule has 0 atom stereocenters. The first-order valence-electron chi connectivity index (χ1n) is 5.18. The van der Waals surface area contributed by atoms with Crippen molar-refractivity contribution < 1.29 is 9.90 Å². The number of carboxylic acid groups (broad SMARTS) is 1. The molecular weight excluding hydrogens is 164 g/mol. The van der Waals surface area contributed by atoms with Gasteiger partial charge in [0.15, 0.2) is 0 Å². The summed E-state index contributed by atoms with van der Waals surface area (Å²) in [7, 11) is 0. The van der Waals surface area contributed by atoms with Crippen LogP contribution in [0, 0.1) is 17.3 Å². The zero-order valence-corrected chi connectivity index (χ0v) is 8.84. The Balaban J connectivity index is 2.58. The van der Waals surface area contributed by atoms with Gasteiger partial charge in [-0.25, -0.2) is 0 Å². The molecule has 0 aromatic heterocycles. The number of hydrogen-bond donors (Lipinski definition) is 1. The second kappa shape index (κ2) is 3.69. The van der Waals surface area contributed by atoms with E-state index in [2.05, 4.69) is 6.92 Å². The predicted octanol–water partition coefficient (Wildman–Crippen LogP) is 2.92. The summed E-state index contributed by atoms with van der Waals surface area (Å²) in [6.45, 7) is 5.97. The van der Waals surface area contributed by atoms with Gasteiger partial charge in [0.2, 0.25) is 0 Å². The van der Waals surface area contributed by atoms with Crippen molar-refractivity contribution in [2.75, 3.05) is 0 Å². The van der Waals surface area contributed by atoms with Gasteiger partial charge >= 0.3 is 5.97 Å². The van der Waals surface area contributed by atoms with Gasteiger partial charge in [-0.3, -0.25) is 4.79 Å². The number of carbonyl (C=O) groups is 1. The van der Waals surface area contributed by atoms with Gasteiger partial charge in [0.1, 0.15) is 0 Å². The molecule has 0 amide bonds. The molecule has 1 rings (SSSR count). The minimum Gasteiger partial charge on any atom is -0.481 e. The molecule has 1 N–H and O–H groups in total. The van der Waals surface area contributed by atoms with Crippen LogP contribution in [0.2, 0.25) is 0 Å². The van der Waals surface area contributed by atoms with E-state index in [9.17, 15) is 4.79 Å². The average molecular weight is 184 g/mol. The fourth-order valence-electron chi connectivity index (χ4n) is 2.16. The molecule has 0 radical (unpaired) electrons. The van der Waals surface area contributed by atoms with Crippen molar-refractivity contribution in [1.82, 2.24) is 0 Å². The van der Waals surface area contributed by atoms with Crippen molar-refractivity contribution in [3.63, 3.8) is 0 Å². The Bertz CT molecular complexity index is 188. The summed E-state index contributed by atoms with van der Waals surface area (Å²) in [6, 6.07) is 0. The van der Waals surface area contributed by atoms with E-state index in [-0.39, 0.29) is 0 Å². The molecule has 0 aromatic carbocycles. The van der Waals surface area contributed by atoms with Gasteiger partial charge in [-0.1, -0.05) is 19.8 Å². The Morgan fingerprint density at radius 3 is 2.08 bits per heavy atom. The van der Waals surface area contributed by atoms with Gasteiger partial charge in [-0.2, -0.15) is 0 Å². The molecule has 1 saturated carbocycles. The van der Waals surface area contributed by atoms with Crippen molar-refractivity contribution in [2.45, 2.75) is 46.5 Å². The maximum absolute atomic E-state index is 11.0. The van der Waals surface area contributed by atoms with E-state index in [0.717, 1.165) is 18.8 Å². The van der Waals surface area contributed by atoms with Crippen LogP contribution in [-0.4, -0.2) is 11.1 Å². The lowest BCUT2D eigenvalue weighted by Crippen LogP contribution is -2.35. The summed E-state index contributed by atoms with van der Waals surface area (Å²) in [5, 5.41) is 9.06. The molecule has 0 saturated heterocycles. The van der Waals surface area contributed by atoms with Crippen molar-refractivity contribution in [2.24, 2.45) is 17.3 Å². The lowest BCUT2D eigenvalue weighted by atomic mass is 9.69. The van der Waals surface area contributed by atoms with Crippen LogP contribution in [0.4, 0.5) is 0 Å². The lowest BCUT2D eigenvalue weighted by Gasteiger charge is -2.35. The molecule has 0 spiro atoms. The summed E-state index contributed by atoms with van der Waals surface area (Å²) in [5.41, 5.74) is -0.528. The molecule has 0 aliphatic heterocycles. The minimum absolute atomic E-state index is 0.376. The molecule has 0 aromatic rings. The standard InChI is InChI=1S/C11H20O2/c1-8-4-6-9(7-5-8)11(2,3)10(12)13/h8-9H,4-7H2,1-3H3,(H,12,13). The van der Waals surface area contributed by atoms with E-state index in [1.807, 2.05) is 13.8 Å². The van der Waals surface area contributed by atoms with E-state index in [1.165, 1.54) is 12.8 Å². The summed E-state index contributed by atoms with van der Waals surface area (Å²) in [4.78, 5) is 11.0. The molecule has 2 nitrogen and oxygen atoms in total. The highest BCUT2D eigenvalue weighted by Gasteiger charge is 2.37. The lowest BCUT2D eigenvalue weighted by molar-refractivity contribution is -0.151. The normalized spacial score (nSPS) is 30.1. The molecule has 13 heavy (non-hydrogen) atoms. The summed E-state index contributed by atoms with van der Waals surface area (Å²) < 4.78 is 0. The Labute approximate surface area is 80.3 Å². The van der Waals surface area contributed by atoms with Gasteiger partial charge in [-0.05, 0) is 38.5 Å². The molecule has 76 valence electrons. The quantitative estimate of drug-likeness (QED) is 0.716. The maximum Gasteiger partial charge on any atom is 0.309 e. The Morgan fingerprint density at radius 1 is 1.23 bits per heavy atom. The molecule has 1 aliphatic carbocycles. The van der Waals surface area contributed by atoms with E-state index >= 15 is 0 Å². The van der Waals surface area contributed by atoms with Crippen molar-refractivity contribution in [3.05, 3.63) is 0 Å². The molecule has 1 fully saturated rings. The number of rotatable bonds is 2. The van der Waals surface area contributed by atoms with Crippen molar-refractivity contribution in [3.8, 4) is 0 Å². The molecule has 1 aliphatic rings. The third kappa shape index (κ3) is 2.23. The van der Waals surface area contributed by atoms with Crippen LogP contribution in [0.1, 0.15) is 46.5 Å². The number of aliphatic carboxylic acids is 1. The highest BCUT2D eigenvalue weighted by Crippen LogP contribution is 2.40. The Morgan fingerprint density at radius 2 is 1.69 bits per heavy atom. The Kier molecular flexibility index (Phi) is 2.99. The summed E-state index contributed by atoms with van der Waals surface area (Å²) >= 11 is 0. The first-order valence-corrected chi connectivity index (χ1v) is 5.18. The SMILES string of the molecule is CC1CCC(C(C)(C)C(=O)O)CC1. The van der Waals surface area contributed by atoms with Gasteiger partial charge in [0.25, 0.3) is 0 Å². The molecule has 2 heteroatoms. The second-order valence-electron chi connectivity index (χ2n) is 4.98. The maximum atomic E-state index is 11.0. The van der Waals surface area contributed by atoms with Gasteiger partial charge < -0.3 is 5.11 Å². The second-order valence-corrected chi connectivity index (χ2v) is 4.98. The zero-order valence-electron chi connectivity index (χ0n) is 8.84. The van der Waals surface area contributed by atoms with Crippen LogP contribution in [0.3, 0.4) is 0 Å².